The molecule has 2 nitrogen and oxygen atoms in total. The summed E-state index contributed by atoms with van der Waals surface area (Å²) in [7, 11) is 0. The molecule has 0 fully saturated rings. The van der Waals surface area contributed by atoms with E-state index >= 15 is 0 Å². The molecule has 0 radical (unpaired) electrons. The number of alkyl halides is 7. The normalized spacial score (nSPS) is 15.4. The van der Waals surface area contributed by atoms with Gasteiger partial charge in [0.15, 0.2) is 6.10 Å². The Morgan fingerprint density at radius 3 is 2.10 bits per heavy atom. The second-order valence-corrected chi connectivity index (χ2v) is 4.39. The van der Waals surface area contributed by atoms with Crippen molar-refractivity contribution in [1.29, 1.82) is 0 Å². The van der Waals surface area contributed by atoms with Crippen LogP contribution in [-0.4, -0.2) is 28.1 Å². The summed E-state index contributed by atoms with van der Waals surface area (Å²) in [5.74, 6) is -12.1. The molecule has 0 aliphatic carbocycles. The lowest BCUT2D eigenvalue weighted by Gasteiger charge is -2.31. The molecule has 0 aliphatic heterocycles. The zero-order valence-electron chi connectivity index (χ0n) is 10.1. The van der Waals surface area contributed by atoms with Crippen molar-refractivity contribution >= 4 is 10.9 Å². The number of hydrogen-bond acceptors (Lipinski definition) is 1. The van der Waals surface area contributed by atoms with Gasteiger partial charge in [-0.2, -0.15) is 30.7 Å². The molecule has 1 aromatic heterocycles. The number of aromatic amines is 1. The molecule has 2 aromatic rings. The molecule has 1 atom stereocenters. The number of aliphatic hydroxyl groups excluding tert-OH is 1. The molecule has 116 valence electrons. The second kappa shape index (κ2) is 4.62. The van der Waals surface area contributed by atoms with E-state index in [9.17, 15) is 35.8 Å². The van der Waals surface area contributed by atoms with Crippen molar-refractivity contribution in [3.63, 3.8) is 0 Å². The van der Waals surface area contributed by atoms with Crippen LogP contribution in [0, 0.1) is 0 Å². The molecule has 1 heterocycles. The van der Waals surface area contributed by atoms with E-state index in [2.05, 4.69) is 4.98 Å². The molecule has 0 amide bonds. The summed E-state index contributed by atoms with van der Waals surface area (Å²) in [5, 5.41) is 9.32. The number of aromatic nitrogens is 1. The lowest BCUT2D eigenvalue weighted by atomic mass is 9.97. The third kappa shape index (κ3) is 2.25. The van der Waals surface area contributed by atoms with Gasteiger partial charge in [-0.05, 0) is 6.07 Å². The molecule has 2 rings (SSSR count). The summed E-state index contributed by atoms with van der Waals surface area (Å²) in [6.07, 6.45) is -9.02. The first-order valence-corrected chi connectivity index (χ1v) is 5.56. The summed E-state index contributed by atoms with van der Waals surface area (Å²) >= 11 is 0. The maximum Gasteiger partial charge on any atom is 0.459 e. The van der Waals surface area contributed by atoms with Gasteiger partial charge in [-0.1, -0.05) is 18.2 Å². The predicted molar refractivity (Wildman–Crippen MR) is 59.2 cm³/mol. The quantitative estimate of drug-likeness (QED) is 0.824. The van der Waals surface area contributed by atoms with E-state index in [1.54, 1.807) is 0 Å². The summed E-state index contributed by atoms with van der Waals surface area (Å²) in [6.45, 7) is 0. The lowest BCUT2D eigenvalue weighted by molar-refractivity contribution is -0.372. The summed E-state index contributed by atoms with van der Waals surface area (Å²) in [4.78, 5) is 2.41. The van der Waals surface area contributed by atoms with Crippen LogP contribution in [0.15, 0.2) is 30.5 Å². The van der Waals surface area contributed by atoms with Crippen LogP contribution in [0.5, 0.6) is 0 Å². The van der Waals surface area contributed by atoms with Crippen molar-refractivity contribution in [3.05, 3.63) is 36.0 Å². The van der Waals surface area contributed by atoms with Crippen LogP contribution in [0.3, 0.4) is 0 Å². The number of nitrogens with one attached hydrogen (secondary N) is 1. The van der Waals surface area contributed by atoms with Crippen LogP contribution < -0.4 is 0 Å². The monoisotopic (exact) mass is 315 g/mol. The molecule has 0 spiro atoms. The Hall–Kier alpha value is -1.77. The molecule has 21 heavy (non-hydrogen) atoms. The molecular weight excluding hydrogens is 307 g/mol. The van der Waals surface area contributed by atoms with E-state index in [1.165, 1.54) is 24.3 Å². The summed E-state index contributed by atoms with van der Waals surface area (Å²) in [5.41, 5.74) is -0.516. The Morgan fingerprint density at radius 1 is 0.952 bits per heavy atom. The van der Waals surface area contributed by atoms with Gasteiger partial charge in [0.05, 0.1) is 0 Å². The highest BCUT2D eigenvalue weighted by molar-refractivity contribution is 5.83. The van der Waals surface area contributed by atoms with Crippen LogP contribution in [0.1, 0.15) is 11.7 Å². The highest BCUT2D eigenvalue weighted by Crippen LogP contribution is 2.52. The van der Waals surface area contributed by atoms with Crippen molar-refractivity contribution in [3.8, 4) is 0 Å². The van der Waals surface area contributed by atoms with Gasteiger partial charge in [-0.25, -0.2) is 0 Å². The maximum absolute atomic E-state index is 13.4. The predicted octanol–water partition coefficient (Wildman–Crippen LogP) is 4.03. The van der Waals surface area contributed by atoms with Gasteiger partial charge in [0, 0.05) is 22.7 Å². The van der Waals surface area contributed by atoms with E-state index < -0.39 is 29.7 Å². The molecule has 0 bridgehead atoms. The zero-order valence-corrected chi connectivity index (χ0v) is 10.1. The number of aliphatic hydroxyl groups is 1. The first-order valence-electron chi connectivity index (χ1n) is 5.56. The van der Waals surface area contributed by atoms with Gasteiger partial charge in [0.1, 0.15) is 0 Å². The Morgan fingerprint density at radius 2 is 1.52 bits per heavy atom. The molecule has 0 saturated heterocycles. The van der Waals surface area contributed by atoms with E-state index in [1.807, 2.05) is 0 Å². The molecule has 0 aliphatic rings. The van der Waals surface area contributed by atoms with E-state index in [-0.39, 0.29) is 10.9 Å². The minimum atomic E-state index is -6.48. The van der Waals surface area contributed by atoms with E-state index in [4.69, 9.17) is 0 Å². The number of fused-ring (bicyclic) bond motifs is 1. The molecule has 1 aromatic carbocycles. The average Bonchev–Trinajstić information content (AvgIpc) is 2.79. The molecular formula is C12H8F7NO. The van der Waals surface area contributed by atoms with Crippen molar-refractivity contribution in [1.82, 2.24) is 4.98 Å². The fraction of sp³-hybridized carbons (Fsp3) is 0.333. The summed E-state index contributed by atoms with van der Waals surface area (Å²) < 4.78 is 89.0. The molecule has 2 N–H and O–H groups in total. The first kappa shape index (κ1) is 15.6. The van der Waals surface area contributed by atoms with Gasteiger partial charge < -0.3 is 10.1 Å². The van der Waals surface area contributed by atoms with Crippen LogP contribution in [0.2, 0.25) is 0 Å². The minimum Gasteiger partial charge on any atom is -0.382 e. The fourth-order valence-corrected chi connectivity index (χ4v) is 1.88. The van der Waals surface area contributed by atoms with Crippen LogP contribution in [-0.2, 0) is 0 Å². The molecule has 1 unspecified atom stereocenters. The first-order chi connectivity index (χ1) is 9.50. The molecule has 9 heteroatoms. The minimum absolute atomic E-state index is 0.0670. The van der Waals surface area contributed by atoms with Crippen LogP contribution in [0.4, 0.5) is 30.7 Å². The Bertz CT molecular complexity index is 646. The van der Waals surface area contributed by atoms with E-state index in [0.717, 1.165) is 6.20 Å². The van der Waals surface area contributed by atoms with E-state index in [0.29, 0.717) is 0 Å². The largest absolute Gasteiger partial charge is 0.459 e. The Labute approximate surface area is 113 Å². The Balaban J connectivity index is 2.50. The number of halogens is 7. The smallest absolute Gasteiger partial charge is 0.382 e. The average molecular weight is 315 g/mol. The third-order valence-corrected chi connectivity index (χ3v) is 3.03. The molecule has 0 saturated carbocycles. The third-order valence-electron chi connectivity index (χ3n) is 3.03. The highest BCUT2D eigenvalue weighted by atomic mass is 19.4. The number of para-hydroxylation sites is 1. The van der Waals surface area contributed by atoms with Crippen molar-refractivity contribution in [2.45, 2.75) is 24.1 Å². The van der Waals surface area contributed by atoms with Crippen molar-refractivity contribution in [2.75, 3.05) is 0 Å². The topological polar surface area (TPSA) is 36.0 Å². The van der Waals surface area contributed by atoms with Gasteiger partial charge in [-0.15, -0.1) is 0 Å². The maximum atomic E-state index is 13.4. The zero-order chi connectivity index (χ0) is 16.1. The lowest BCUT2D eigenvalue weighted by Crippen LogP contribution is -2.54. The summed E-state index contributed by atoms with van der Waals surface area (Å²) in [6, 6.07) is 5.47. The van der Waals surface area contributed by atoms with Gasteiger partial charge in [-0.3, -0.25) is 0 Å². The van der Waals surface area contributed by atoms with Crippen LogP contribution in [0.25, 0.3) is 10.9 Å². The van der Waals surface area contributed by atoms with Crippen molar-refractivity contribution < 1.29 is 35.8 Å². The van der Waals surface area contributed by atoms with Gasteiger partial charge in [0.2, 0.25) is 0 Å². The van der Waals surface area contributed by atoms with Gasteiger partial charge >= 0.3 is 18.0 Å². The van der Waals surface area contributed by atoms with Gasteiger partial charge in [0.25, 0.3) is 0 Å². The fourth-order valence-electron chi connectivity index (χ4n) is 1.88. The standard InChI is InChI=1S/C12H8F7NO/c13-10(14,11(15,16)12(17,18)19)9(21)7-5-20-8-4-2-1-3-6(7)8/h1-5,9,20-21H. The number of benzene rings is 1. The number of H-pyrrole nitrogens is 1. The highest BCUT2D eigenvalue weighted by Gasteiger charge is 2.75. The SMILES string of the molecule is OC(c1c[nH]c2ccccc12)C(F)(F)C(F)(F)C(F)(F)F. The number of hydrogen-bond donors (Lipinski definition) is 2. The second-order valence-electron chi connectivity index (χ2n) is 4.39. The van der Waals surface area contributed by atoms with Crippen LogP contribution >= 0.6 is 0 Å². The Kier molecular flexibility index (Phi) is 3.43. The number of rotatable bonds is 3. The van der Waals surface area contributed by atoms with Crippen molar-refractivity contribution in [2.24, 2.45) is 0 Å².